The molecule has 3 aliphatic rings. The summed E-state index contributed by atoms with van der Waals surface area (Å²) >= 11 is 0. The van der Waals surface area contributed by atoms with E-state index in [-0.39, 0.29) is 17.5 Å². The Labute approximate surface area is 276 Å². The van der Waals surface area contributed by atoms with Crippen molar-refractivity contribution >= 4 is 34.1 Å². The van der Waals surface area contributed by atoms with Gasteiger partial charge in [-0.1, -0.05) is 0 Å². The highest BCUT2D eigenvalue weighted by molar-refractivity contribution is 6.16. The first-order valence-electron chi connectivity index (χ1n) is 16.1. The predicted octanol–water partition coefficient (Wildman–Crippen LogP) is 6.16. The molecule has 1 aliphatic heterocycles. The van der Waals surface area contributed by atoms with Gasteiger partial charge in [-0.25, -0.2) is 8.78 Å². The van der Waals surface area contributed by atoms with Gasteiger partial charge in [-0.2, -0.15) is 0 Å². The summed E-state index contributed by atoms with van der Waals surface area (Å²) in [7, 11) is 1.57. The summed E-state index contributed by atoms with van der Waals surface area (Å²) in [6.07, 6.45) is 4.29. The van der Waals surface area contributed by atoms with Crippen LogP contribution in [0, 0.1) is 23.0 Å². The molecule has 12 heteroatoms. The van der Waals surface area contributed by atoms with Crippen LogP contribution in [-0.4, -0.2) is 67.8 Å². The smallest absolute Gasteiger partial charge is 0.240 e. The van der Waals surface area contributed by atoms with E-state index in [0.29, 0.717) is 52.6 Å². The monoisotopic (exact) mass is 658 g/mol. The van der Waals surface area contributed by atoms with Crippen LogP contribution in [0.25, 0.3) is 10.9 Å². The van der Waals surface area contributed by atoms with Gasteiger partial charge in [0.25, 0.3) is 0 Å². The molecule has 2 N–H and O–H groups in total. The molecule has 48 heavy (non-hydrogen) atoms. The maximum Gasteiger partial charge on any atom is 0.240 e. The number of amides is 2. The topological polar surface area (TPSA) is 111 Å². The van der Waals surface area contributed by atoms with E-state index in [1.165, 1.54) is 36.4 Å². The van der Waals surface area contributed by atoms with Crippen LogP contribution in [-0.2, 0) is 14.3 Å². The lowest BCUT2D eigenvalue weighted by Crippen LogP contribution is -2.45. The molecule has 10 nitrogen and oxygen atoms in total. The molecule has 0 atom stereocenters. The highest BCUT2D eigenvalue weighted by Gasteiger charge is 2.56. The molecule has 2 aliphatic carbocycles. The quantitative estimate of drug-likeness (QED) is 0.185. The van der Waals surface area contributed by atoms with Gasteiger partial charge in [0.05, 0.1) is 31.9 Å². The van der Waals surface area contributed by atoms with Crippen molar-refractivity contribution in [1.82, 2.24) is 9.88 Å². The number of aromatic nitrogens is 1. The number of nitrogens with one attached hydrogen (secondary N) is 2. The maximum atomic E-state index is 15.3. The fourth-order valence-corrected chi connectivity index (χ4v) is 6.21. The molecule has 3 aromatic carbocycles. The molecule has 7 rings (SSSR count). The summed E-state index contributed by atoms with van der Waals surface area (Å²) in [5.74, 6) is -0.175. The fourth-order valence-electron chi connectivity index (χ4n) is 6.21. The Bertz CT molecular complexity index is 1820. The number of nitrogens with zero attached hydrogens (tertiary/aromatic N) is 2. The van der Waals surface area contributed by atoms with Gasteiger partial charge in [0.2, 0.25) is 11.8 Å². The van der Waals surface area contributed by atoms with Crippen LogP contribution < -0.4 is 24.8 Å². The number of methoxy groups -OCH3 is 1. The summed E-state index contributed by atoms with van der Waals surface area (Å²) < 4.78 is 51.9. The fraction of sp³-hybridized carbons (Fsp3) is 0.361. The van der Waals surface area contributed by atoms with E-state index < -0.39 is 28.9 Å². The number of hydrogen-bond donors (Lipinski definition) is 2. The van der Waals surface area contributed by atoms with E-state index in [1.807, 2.05) is 6.07 Å². The van der Waals surface area contributed by atoms with Gasteiger partial charge < -0.3 is 29.6 Å². The molecule has 0 radical (unpaired) electrons. The first-order valence-corrected chi connectivity index (χ1v) is 16.1. The van der Waals surface area contributed by atoms with Crippen LogP contribution in [0.2, 0.25) is 0 Å². The minimum absolute atomic E-state index is 0.0595. The van der Waals surface area contributed by atoms with Gasteiger partial charge in [-0.05, 0) is 80.1 Å². The summed E-state index contributed by atoms with van der Waals surface area (Å²) in [5, 5.41) is 5.91. The van der Waals surface area contributed by atoms with Crippen molar-refractivity contribution in [3.8, 4) is 23.0 Å². The summed E-state index contributed by atoms with van der Waals surface area (Å²) in [6.45, 7) is 4.59. The van der Waals surface area contributed by atoms with Crippen molar-refractivity contribution in [1.29, 1.82) is 0 Å². The van der Waals surface area contributed by atoms with Crippen LogP contribution in [0.4, 0.5) is 20.2 Å². The molecule has 0 unspecified atom stereocenters. The van der Waals surface area contributed by atoms with E-state index in [1.54, 1.807) is 25.4 Å². The minimum Gasteiger partial charge on any atom is -0.493 e. The van der Waals surface area contributed by atoms with Crippen LogP contribution >= 0.6 is 0 Å². The molecule has 1 aromatic heterocycles. The van der Waals surface area contributed by atoms with Gasteiger partial charge >= 0.3 is 0 Å². The average Bonchev–Trinajstić information content (AvgIpc) is 3.89. The number of carbonyl (C=O) groups excluding carboxylic acids is 2. The third kappa shape index (κ3) is 6.76. The maximum absolute atomic E-state index is 15.3. The number of benzene rings is 3. The number of rotatable bonds is 11. The van der Waals surface area contributed by atoms with E-state index in [4.69, 9.17) is 18.9 Å². The lowest BCUT2D eigenvalue weighted by molar-refractivity contribution is -0.131. The molecule has 1 saturated heterocycles. The zero-order chi connectivity index (χ0) is 33.3. The molecule has 0 spiro atoms. The molecular formula is C36H36F2N4O6. The van der Waals surface area contributed by atoms with Crippen LogP contribution in [0.3, 0.4) is 0 Å². The number of fused-ring (bicyclic) bond motifs is 1. The van der Waals surface area contributed by atoms with Crippen LogP contribution in [0.1, 0.15) is 25.7 Å². The highest BCUT2D eigenvalue weighted by atomic mass is 19.1. The number of ether oxygens (including phenoxy) is 4. The van der Waals surface area contributed by atoms with Gasteiger partial charge in [-0.3, -0.25) is 19.5 Å². The highest BCUT2D eigenvalue weighted by Crippen LogP contribution is 2.48. The molecule has 0 bridgehead atoms. The van der Waals surface area contributed by atoms with E-state index in [0.717, 1.165) is 51.8 Å². The van der Waals surface area contributed by atoms with Crippen molar-refractivity contribution in [2.24, 2.45) is 11.3 Å². The third-order valence-corrected chi connectivity index (χ3v) is 9.22. The first kappa shape index (κ1) is 31.8. The number of morpholine rings is 1. The zero-order valence-corrected chi connectivity index (χ0v) is 26.5. The number of anilines is 2. The van der Waals surface area contributed by atoms with Crippen LogP contribution in [0.5, 0.6) is 23.0 Å². The summed E-state index contributed by atoms with van der Waals surface area (Å²) in [6, 6.07) is 14.6. The number of halogens is 2. The largest absolute Gasteiger partial charge is 0.493 e. The Morgan fingerprint density at radius 1 is 0.896 bits per heavy atom. The van der Waals surface area contributed by atoms with Crippen molar-refractivity contribution in [3.05, 3.63) is 78.5 Å². The Balaban J connectivity index is 0.994. The summed E-state index contributed by atoms with van der Waals surface area (Å²) in [4.78, 5) is 32.9. The number of hydrogen-bond acceptors (Lipinski definition) is 8. The number of pyridine rings is 1. The van der Waals surface area contributed by atoms with E-state index in [2.05, 4.69) is 20.5 Å². The predicted molar refractivity (Wildman–Crippen MR) is 174 cm³/mol. The Morgan fingerprint density at radius 3 is 2.29 bits per heavy atom. The molecule has 3 fully saturated rings. The molecular weight excluding hydrogens is 622 g/mol. The van der Waals surface area contributed by atoms with E-state index in [9.17, 15) is 14.0 Å². The SMILES string of the molecule is COc1cc2c(Oc3ccc(NC(=O)C4(C(=O)Nc5ccc(F)cc5)CC4)cc3F)ccnc2cc1OC1CC(CN2CCOCC2)C1. The van der Waals surface area contributed by atoms with Gasteiger partial charge in [-0.15, -0.1) is 0 Å². The van der Waals surface area contributed by atoms with Crippen molar-refractivity contribution in [3.63, 3.8) is 0 Å². The first-order chi connectivity index (χ1) is 23.3. The second kappa shape index (κ2) is 13.4. The van der Waals surface area contributed by atoms with Crippen molar-refractivity contribution in [2.45, 2.75) is 31.8 Å². The Morgan fingerprint density at radius 2 is 1.60 bits per heavy atom. The Kier molecular flexibility index (Phi) is 8.84. The molecule has 250 valence electrons. The minimum atomic E-state index is -1.28. The van der Waals surface area contributed by atoms with Crippen molar-refractivity contribution in [2.75, 3.05) is 50.6 Å². The van der Waals surface area contributed by atoms with Crippen molar-refractivity contribution < 1.29 is 37.3 Å². The molecule has 2 amide bonds. The second-order valence-electron chi connectivity index (χ2n) is 12.6. The average molecular weight is 659 g/mol. The van der Waals surface area contributed by atoms with Crippen LogP contribution in [0.15, 0.2) is 66.9 Å². The lowest BCUT2D eigenvalue weighted by Gasteiger charge is -2.39. The number of carbonyl (C=O) groups is 2. The zero-order valence-electron chi connectivity index (χ0n) is 26.5. The van der Waals surface area contributed by atoms with Gasteiger partial charge in [0, 0.05) is 54.7 Å². The molecule has 2 heterocycles. The third-order valence-electron chi connectivity index (χ3n) is 9.22. The van der Waals surface area contributed by atoms with Gasteiger partial charge in [0.15, 0.2) is 23.1 Å². The molecule has 2 saturated carbocycles. The normalized spacial score (nSPS) is 20.0. The lowest BCUT2D eigenvalue weighted by atomic mass is 9.81. The standard InChI is InChI=1S/C36H36F2N4O6/c1-45-32-19-27-29(20-33(32)47-26-16-22(17-26)21-42-12-14-46-15-13-42)39-11-8-30(27)48-31-7-6-25(18-28(31)38)41-35(44)36(9-10-36)34(43)40-24-4-2-23(37)3-5-24/h2-8,11,18-20,22,26H,9-10,12-17,21H2,1H3,(H,40,43)(H,41,44). The summed E-state index contributed by atoms with van der Waals surface area (Å²) in [5.41, 5.74) is -0.118. The van der Waals surface area contributed by atoms with Gasteiger partial charge in [0.1, 0.15) is 17.0 Å². The second-order valence-corrected chi connectivity index (χ2v) is 12.6. The molecule has 4 aromatic rings. The Hall–Kier alpha value is -4.81. The van der Waals surface area contributed by atoms with E-state index >= 15 is 4.39 Å².